The highest BCUT2D eigenvalue weighted by Crippen LogP contribution is 2.16. The summed E-state index contributed by atoms with van der Waals surface area (Å²) in [6, 6.07) is 7.35. The van der Waals surface area contributed by atoms with Gasteiger partial charge in [0.1, 0.15) is 30.8 Å². The van der Waals surface area contributed by atoms with Crippen LogP contribution in [0.3, 0.4) is 0 Å². The summed E-state index contributed by atoms with van der Waals surface area (Å²) in [6.07, 6.45) is 0.690. The topological polar surface area (TPSA) is 55.3 Å². The summed E-state index contributed by atoms with van der Waals surface area (Å²) in [5.41, 5.74) is 0. The van der Waals surface area contributed by atoms with Crippen molar-refractivity contribution in [2.75, 3.05) is 26.8 Å². The highest BCUT2D eigenvalue weighted by Gasteiger charge is 2.06. The fourth-order valence-electron chi connectivity index (χ4n) is 1.45. The molecule has 4 heteroatoms. The quantitative estimate of drug-likeness (QED) is 0.647. The van der Waals surface area contributed by atoms with E-state index in [1.807, 2.05) is 24.3 Å². The number of benzene rings is 1. The predicted octanol–water partition coefficient (Wildman–Crippen LogP) is 0.408. The number of rotatable bonds is 8. The van der Waals surface area contributed by atoms with Gasteiger partial charge < -0.3 is 19.9 Å². The molecule has 4 nitrogen and oxygen atoms in total. The number of methoxy groups -OCH3 is 1. The molecule has 17 heavy (non-hydrogen) atoms. The molecule has 0 aliphatic rings. The molecular weight excluding hydrogens is 218 g/mol. The Morgan fingerprint density at radius 2 is 1.88 bits per heavy atom. The molecule has 0 aromatic heterocycles. The zero-order valence-corrected chi connectivity index (χ0v) is 10.6. The number of aliphatic hydroxyl groups excluding tert-OH is 1. The summed E-state index contributed by atoms with van der Waals surface area (Å²) in [5, 5.41) is 11.8. The Balaban J connectivity index is 2.24. The van der Waals surface area contributed by atoms with Crippen LogP contribution in [0.1, 0.15) is 13.3 Å². The summed E-state index contributed by atoms with van der Waals surface area (Å²) < 4.78 is 10.5. The van der Waals surface area contributed by atoms with E-state index < -0.39 is 6.10 Å². The van der Waals surface area contributed by atoms with Crippen LogP contribution in [-0.2, 0) is 0 Å². The van der Waals surface area contributed by atoms with Crippen molar-refractivity contribution in [1.29, 1.82) is 0 Å². The average Bonchev–Trinajstić information content (AvgIpc) is 2.37. The lowest BCUT2D eigenvalue weighted by molar-refractivity contribution is -0.661. The second-order valence-corrected chi connectivity index (χ2v) is 3.95. The Hall–Kier alpha value is -1.26. The molecule has 0 amide bonds. The maximum Gasteiger partial charge on any atom is 0.137 e. The lowest BCUT2D eigenvalue weighted by atomic mass is 10.3. The lowest BCUT2D eigenvalue weighted by Gasteiger charge is -2.11. The van der Waals surface area contributed by atoms with Crippen molar-refractivity contribution in [3.05, 3.63) is 24.3 Å². The molecule has 0 aliphatic carbocycles. The van der Waals surface area contributed by atoms with Crippen LogP contribution < -0.4 is 14.8 Å². The van der Waals surface area contributed by atoms with E-state index in [0.717, 1.165) is 24.5 Å². The van der Waals surface area contributed by atoms with Crippen molar-refractivity contribution in [3.63, 3.8) is 0 Å². The fourth-order valence-corrected chi connectivity index (χ4v) is 1.45. The van der Waals surface area contributed by atoms with E-state index in [4.69, 9.17) is 9.47 Å². The van der Waals surface area contributed by atoms with E-state index in [-0.39, 0.29) is 0 Å². The first kappa shape index (κ1) is 13.8. The highest BCUT2D eigenvalue weighted by atomic mass is 16.5. The van der Waals surface area contributed by atoms with Crippen LogP contribution in [0.4, 0.5) is 0 Å². The number of nitrogens with two attached hydrogens (primary N) is 1. The van der Waals surface area contributed by atoms with Crippen LogP contribution in [0.5, 0.6) is 11.5 Å². The van der Waals surface area contributed by atoms with E-state index in [9.17, 15) is 5.11 Å². The van der Waals surface area contributed by atoms with Gasteiger partial charge in [-0.05, 0) is 30.7 Å². The van der Waals surface area contributed by atoms with Crippen molar-refractivity contribution in [2.24, 2.45) is 0 Å². The minimum absolute atomic E-state index is 0.326. The maximum absolute atomic E-state index is 9.66. The largest absolute Gasteiger partial charge is 0.497 e. The van der Waals surface area contributed by atoms with Crippen LogP contribution in [-0.4, -0.2) is 38.0 Å². The number of ether oxygens (including phenoxy) is 2. The summed E-state index contributed by atoms with van der Waals surface area (Å²) in [5.74, 6) is 1.55. The second kappa shape index (κ2) is 7.92. The van der Waals surface area contributed by atoms with Crippen molar-refractivity contribution >= 4 is 0 Å². The van der Waals surface area contributed by atoms with E-state index in [1.54, 1.807) is 7.11 Å². The van der Waals surface area contributed by atoms with Gasteiger partial charge in [-0.3, -0.25) is 0 Å². The third kappa shape index (κ3) is 5.56. The monoisotopic (exact) mass is 240 g/mol. The molecule has 1 rings (SSSR count). The molecule has 0 aliphatic heterocycles. The molecular formula is C13H22NO3+. The van der Waals surface area contributed by atoms with Crippen molar-refractivity contribution in [1.82, 2.24) is 0 Å². The minimum atomic E-state index is -0.427. The average molecular weight is 240 g/mol. The summed E-state index contributed by atoms with van der Waals surface area (Å²) in [6.45, 7) is 4.17. The normalized spacial score (nSPS) is 12.2. The predicted molar refractivity (Wildman–Crippen MR) is 66.4 cm³/mol. The molecule has 0 unspecified atom stereocenters. The van der Waals surface area contributed by atoms with E-state index in [0.29, 0.717) is 13.2 Å². The maximum atomic E-state index is 9.66. The standard InChI is InChI=1S/C13H21NO3/c1-3-8-14-9-11(15)10-17-13-6-4-12(16-2)5-7-13/h4-7,11,14-15H,3,8-10H2,1-2H3/p+1/t11-/m1/s1. The second-order valence-electron chi connectivity index (χ2n) is 3.95. The zero-order chi connectivity index (χ0) is 12.5. The Kier molecular flexibility index (Phi) is 6.43. The lowest BCUT2D eigenvalue weighted by Crippen LogP contribution is -2.86. The van der Waals surface area contributed by atoms with Crippen molar-refractivity contribution in [2.45, 2.75) is 19.4 Å². The van der Waals surface area contributed by atoms with Crippen LogP contribution >= 0.6 is 0 Å². The molecule has 0 bridgehead atoms. The van der Waals surface area contributed by atoms with Gasteiger partial charge in [-0.15, -0.1) is 0 Å². The van der Waals surface area contributed by atoms with E-state index >= 15 is 0 Å². The highest BCUT2D eigenvalue weighted by molar-refractivity contribution is 5.31. The molecule has 0 radical (unpaired) electrons. The molecule has 0 fully saturated rings. The molecule has 96 valence electrons. The Bertz CT molecular complexity index is 300. The van der Waals surface area contributed by atoms with Gasteiger partial charge in [0, 0.05) is 0 Å². The molecule has 0 spiro atoms. The third-order valence-corrected chi connectivity index (χ3v) is 2.43. The minimum Gasteiger partial charge on any atom is -0.497 e. The van der Waals surface area contributed by atoms with Crippen molar-refractivity contribution < 1.29 is 19.9 Å². The summed E-state index contributed by atoms with van der Waals surface area (Å²) in [4.78, 5) is 0. The summed E-state index contributed by atoms with van der Waals surface area (Å²) in [7, 11) is 1.63. The van der Waals surface area contributed by atoms with Gasteiger partial charge >= 0.3 is 0 Å². The Morgan fingerprint density at radius 1 is 1.24 bits per heavy atom. The first-order valence-corrected chi connectivity index (χ1v) is 6.02. The molecule has 0 saturated heterocycles. The van der Waals surface area contributed by atoms with Gasteiger partial charge in [-0.2, -0.15) is 0 Å². The molecule has 0 heterocycles. The van der Waals surface area contributed by atoms with E-state index in [1.165, 1.54) is 0 Å². The number of hydrogen-bond donors (Lipinski definition) is 2. The first-order valence-electron chi connectivity index (χ1n) is 6.02. The van der Waals surface area contributed by atoms with Gasteiger partial charge in [-0.25, -0.2) is 0 Å². The SMILES string of the molecule is CCC[NH2+]C[C@@H](O)COc1ccc(OC)cc1. The number of hydrogen-bond acceptors (Lipinski definition) is 3. The van der Waals surface area contributed by atoms with Gasteiger partial charge in [0.15, 0.2) is 0 Å². The molecule has 1 aromatic rings. The fraction of sp³-hybridized carbons (Fsp3) is 0.538. The number of aliphatic hydroxyl groups is 1. The van der Waals surface area contributed by atoms with Crippen LogP contribution in [0.15, 0.2) is 24.3 Å². The Morgan fingerprint density at radius 3 is 2.47 bits per heavy atom. The van der Waals surface area contributed by atoms with Crippen LogP contribution in [0.2, 0.25) is 0 Å². The molecule has 1 aromatic carbocycles. The first-order chi connectivity index (χ1) is 8.26. The molecule has 0 saturated carbocycles. The van der Waals surface area contributed by atoms with Crippen LogP contribution in [0.25, 0.3) is 0 Å². The number of quaternary nitrogens is 1. The smallest absolute Gasteiger partial charge is 0.137 e. The van der Waals surface area contributed by atoms with Crippen LogP contribution in [0, 0.1) is 0 Å². The van der Waals surface area contributed by atoms with Gasteiger partial charge in [-0.1, -0.05) is 6.92 Å². The van der Waals surface area contributed by atoms with Crippen molar-refractivity contribution in [3.8, 4) is 11.5 Å². The van der Waals surface area contributed by atoms with E-state index in [2.05, 4.69) is 12.2 Å². The Labute approximate surface area is 103 Å². The van der Waals surface area contributed by atoms with Gasteiger partial charge in [0.2, 0.25) is 0 Å². The summed E-state index contributed by atoms with van der Waals surface area (Å²) >= 11 is 0. The van der Waals surface area contributed by atoms with Gasteiger partial charge in [0.05, 0.1) is 13.7 Å². The molecule has 1 atom stereocenters. The molecule has 3 N–H and O–H groups in total. The third-order valence-electron chi connectivity index (χ3n) is 2.43. The zero-order valence-electron chi connectivity index (χ0n) is 10.6. The van der Waals surface area contributed by atoms with Gasteiger partial charge in [0.25, 0.3) is 0 Å².